The molecule has 0 aliphatic carbocycles. The van der Waals surface area contributed by atoms with Gasteiger partial charge in [-0.15, -0.1) is 0 Å². The molecule has 0 rings (SSSR count). The van der Waals surface area contributed by atoms with Crippen LogP contribution in [0.25, 0.3) is 0 Å². The molecular weight excluding hydrogens is 219 g/mol. The predicted molar refractivity (Wildman–Crippen MR) is 16.4 cm³/mol. The first-order chi connectivity index (χ1) is 0. The Balaban J connectivity index is 0. The number of rotatable bonds is 0. The van der Waals surface area contributed by atoms with Gasteiger partial charge in [0.05, 0.1) is 0 Å². The summed E-state index contributed by atoms with van der Waals surface area (Å²) in [4.78, 5) is 0. The van der Waals surface area contributed by atoms with E-state index in [0.717, 1.165) is 0 Å². The minimum atomic E-state index is 0. The monoisotopic (exact) mass is 228 g/mol. The molecule has 0 aromatic rings. The molecule has 0 aliphatic rings. The number of hydrogen-bond donors (Lipinski definition) is 0. The van der Waals surface area contributed by atoms with Crippen molar-refractivity contribution in [3.05, 3.63) is 14.9 Å². The molecule has 0 saturated heterocycles. The molecule has 0 heterocycles. The second-order valence-electron chi connectivity index (χ2n) is 0. The first-order valence-corrected chi connectivity index (χ1v) is 0. The van der Waals surface area contributed by atoms with Gasteiger partial charge in [0, 0.05) is 25.8 Å². The Morgan fingerprint density at radius 3 is 0.750 bits per heavy atom. The SMILES string of the molecule is O.[CH3-].[CH3-].[Hf]. The summed E-state index contributed by atoms with van der Waals surface area (Å²) in [6.45, 7) is 0. The van der Waals surface area contributed by atoms with Gasteiger partial charge < -0.3 is 20.3 Å². The largest absolute Gasteiger partial charge is 0.412 e. The van der Waals surface area contributed by atoms with E-state index in [1.165, 1.54) is 0 Å². The molecule has 0 unspecified atom stereocenters. The van der Waals surface area contributed by atoms with Crippen molar-refractivity contribution in [3.8, 4) is 0 Å². The van der Waals surface area contributed by atoms with Gasteiger partial charge in [0.25, 0.3) is 0 Å². The average molecular weight is 227 g/mol. The summed E-state index contributed by atoms with van der Waals surface area (Å²) < 4.78 is 0. The van der Waals surface area contributed by atoms with Gasteiger partial charge >= 0.3 is 0 Å². The van der Waals surface area contributed by atoms with Gasteiger partial charge in [-0.25, -0.2) is 0 Å². The Morgan fingerprint density at radius 1 is 0.750 bits per heavy atom. The molecule has 0 radical (unpaired) electrons. The van der Waals surface area contributed by atoms with E-state index in [1.807, 2.05) is 0 Å². The summed E-state index contributed by atoms with van der Waals surface area (Å²) >= 11 is 0. The normalized spacial score (nSPS) is 0. The van der Waals surface area contributed by atoms with Crippen LogP contribution < -0.4 is 0 Å². The Hall–Kier alpha value is 0.830. The van der Waals surface area contributed by atoms with E-state index in [0.29, 0.717) is 0 Å². The van der Waals surface area contributed by atoms with Crippen LogP contribution in [-0.2, 0) is 25.8 Å². The fourth-order valence-corrected chi connectivity index (χ4v) is 0. The minimum Gasteiger partial charge on any atom is -0.412 e. The van der Waals surface area contributed by atoms with Crippen LogP contribution in [0.15, 0.2) is 0 Å². The second-order valence-corrected chi connectivity index (χ2v) is 0. The molecule has 4 heavy (non-hydrogen) atoms. The molecule has 0 atom stereocenters. The van der Waals surface area contributed by atoms with Crippen LogP contribution in [0, 0.1) is 14.9 Å². The molecule has 0 aromatic heterocycles. The van der Waals surface area contributed by atoms with Crippen LogP contribution in [0.4, 0.5) is 0 Å². The third kappa shape index (κ3) is 13.8. The maximum absolute atomic E-state index is 0. The quantitative estimate of drug-likeness (QED) is 0.414. The summed E-state index contributed by atoms with van der Waals surface area (Å²) in [5.74, 6) is 0. The zero-order valence-corrected chi connectivity index (χ0v) is 6.59. The Labute approximate surface area is 46.5 Å². The second kappa shape index (κ2) is 44.5. The Bertz CT molecular complexity index is 6.00. The molecule has 0 amide bonds. The number of hydrogen-bond acceptors (Lipinski definition) is 0. The van der Waals surface area contributed by atoms with E-state index in [2.05, 4.69) is 0 Å². The summed E-state index contributed by atoms with van der Waals surface area (Å²) in [5.41, 5.74) is 0. The third-order valence-electron chi connectivity index (χ3n) is 0. The first kappa shape index (κ1) is 103. The van der Waals surface area contributed by atoms with Gasteiger partial charge in [-0.2, -0.15) is 0 Å². The van der Waals surface area contributed by atoms with Crippen molar-refractivity contribution in [2.24, 2.45) is 0 Å². The van der Waals surface area contributed by atoms with Crippen molar-refractivity contribution < 1.29 is 31.3 Å². The van der Waals surface area contributed by atoms with E-state index in [-0.39, 0.29) is 46.2 Å². The summed E-state index contributed by atoms with van der Waals surface area (Å²) in [6.07, 6.45) is 0. The van der Waals surface area contributed by atoms with Crippen LogP contribution >= 0.6 is 0 Å². The molecule has 0 saturated carbocycles. The zero-order valence-electron chi connectivity index (χ0n) is 3.00. The van der Waals surface area contributed by atoms with E-state index < -0.39 is 0 Å². The molecule has 0 spiro atoms. The molecular formula is C2H8HfO-2. The van der Waals surface area contributed by atoms with Crippen LogP contribution in [0.3, 0.4) is 0 Å². The van der Waals surface area contributed by atoms with Crippen molar-refractivity contribution in [1.29, 1.82) is 0 Å². The van der Waals surface area contributed by atoms with E-state index >= 15 is 0 Å². The molecule has 0 aliphatic heterocycles. The topological polar surface area (TPSA) is 31.5 Å². The molecule has 0 aromatic carbocycles. The molecule has 28 valence electrons. The average Bonchev–Trinajstić information content (AvgIpc) is 0. The van der Waals surface area contributed by atoms with Gasteiger partial charge in [0.1, 0.15) is 0 Å². The van der Waals surface area contributed by atoms with Crippen molar-refractivity contribution in [2.75, 3.05) is 0 Å². The van der Waals surface area contributed by atoms with Crippen molar-refractivity contribution in [3.63, 3.8) is 0 Å². The Morgan fingerprint density at radius 2 is 0.750 bits per heavy atom. The third-order valence-corrected chi connectivity index (χ3v) is 0. The minimum absolute atomic E-state index is 0. The molecule has 0 bridgehead atoms. The van der Waals surface area contributed by atoms with Crippen LogP contribution in [-0.4, -0.2) is 5.48 Å². The van der Waals surface area contributed by atoms with Gasteiger partial charge in [-0.3, -0.25) is 0 Å². The van der Waals surface area contributed by atoms with E-state index in [9.17, 15) is 0 Å². The van der Waals surface area contributed by atoms with Gasteiger partial charge in [0.15, 0.2) is 0 Å². The standard InChI is InChI=1S/2CH3.Hf.H2O/h2*1H3;;1H2/q2*-1;;. The molecule has 2 heteroatoms. The smallest absolute Gasteiger partial charge is 0 e. The van der Waals surface area contributed by atoms with Gasteiger partial charge in [0.2, 0.25) is 0 Å². The van der Waals surface area contributed by atoms with Crippen LogP contribution in [0.2, 0.25) is 0 Å². The van der Waals surface area contributed by atoms with Crippen molar-refractivity contribution >= 4 is 0 Å². The van der Waals surface area contributed by atoms with E-state index in [4.69, 9.17) is 0 Å². The van der Waals surface area contributed by atoms with E-state index in [1.54, 1.807) is 0 Å². The fourth-order valence-electron chi connectivity index (χ4n) is 0. The van der Waals surface area contributed by atoms with Crippen molar-refractivity contribution in [2.45, 2.75) is 0 Å². The van der Waals surface area contributed by atoms with Crippen LogP contribution in [0.1, 0.15) is 0 Å². The predicted octanol–water partition coefficient (Wildman–Crippen LogP) is 0.0734. The summed E-state index contributed by atoms with van der Waals surface area (Å²) in [5, 5.41) is 0. The maximum atomic E-state index is 0. The molecule has 0 fully saturated rings. The summed E-state index contributed by atoms with van der Waals surface area (Å²) in [6, 6.07) is 0. The van der Waals surface area contributed by atoms with Crippen molar-refractivity contribution in [1.82, 2.24) is 0 Å². The van der Waals surface area contributed by atoms with Gasteiger partial charge in [-0.1, -0.05) is 0 Å². The summed E-state index contributed by atoms with van der Waals surface area (Å²) in [7, 11) is 0. The van der Waals surface area contributed by atoms with Crippen LogP contribution in [0.5, 0.6) is 0 Å². The first-order valence-electron chi connectivity index (χ1n) is 0. The Kier molecular flexibility index (Phi) is 1140. The molecule has 2 N–H and O–H groups in total. The zero-order chi connectivity index (χ0) is 0. The maximum Gasteiger partial charge on any atom is 0 e. The molecule has 1 nitrogen and oxygen atoms in total. The van der Waals surface area contributed by atoms with Gasteiger partial charge in [-0.05, 0) is 0 Å². The fraction of sp³-hybridized carbons (Fsp3) is 0.